The second kappa shape index (κ2) is 9.51. The Hall–Kier alpha value is -3.40. The van der Waals surface area contributed by atoms with Crippen molar-refractivity contribution < 1.29 is 13.9 Å². The number of hydrogen-bond acceptors (Lipinski definition) is 4. The highest BCUT2D eigenvalue weighted by Crippen LogP contribution is 2.26. The lowest BCUT2D eigenvalue weighted by molar-refractivity contribution is -0.144. The zero-order chi connectivity index (χ0) is 19.8. The molecule has 4 heteroatoms. The Morgan fingerprint density at radius 3 is 2.11 bits per heavy atom. The minimum atomic E-state index is -0.806. The van der Waals surface area contributed by atoms with E-state index in [-0.39, 0.29) is 6.61 Å². The zero-order valence-electron chi connectivity index (χ0n) is 15.8. The van der Waals surface area contributed by atoms with E-state index >= 15 is 0 Å². The molecular formula is C24H23NO3. The maximum Gasteiger partial charge on any atom is 0.331 e. The van der Waals surface area contributed by atoms with Crippen molar-refractivity contribution in [2.75, 3.05) is 6.61 Å². The van der Waals surface area contributed by atoms with Crippen LogP contribution in [0.3, 0.4) is 0 Å². The molecule has 2 atom stereocenters. The van der Waals surface area contributed by atoms with E-state index < -0.39 is 17.9 Å². The van der Waals surface area contributed by atoms with Gasteiger partial charge in [0.15, 0.2) is 6.04 Å². The van der Waals surface area contributed by atoms with Gasteiger partial charge in [-0.3, -0.25) is 4.99 Å². The lowest BCUT2D eigenvalue weighted by atomic mass is 9.95. The average molecular weight is 373 g/mol. The Morgan fingerprint density at radius 2 is 1.64 bits per heavy atom. The topological polar surface area (TPSA) is 51.8 Å². The largest absolute Gasteiger partial charge is 0.469 e. The molecule has 0 radical (unpaired) electrons. The Labute approximate surface area is 165 Å². The van der Waals surface area contributed by atoms with Crippen LogP contribution >= 0.6 is 0 Å². The molecule has 0 saturated heterocycles. The molecule has 0 aliphatic rings. The smallest absolute Gasteiger partial charge is 0.331 e. The fourth-order valence-electron chi connectivity index (χ4n) is 3.04. The quantitative estimate of drug-likeness (QED) is 0.316. The molecule has 0 aliphatic carbocycles. The molecule has 0 unspecified atom stereocenters. The molecule has 0 fully saturated rings. The molecule has 28 heavy (non-hydrogen) atoms. The summed E-state index contributed by atoms with van der Waals surface area (Å²) in [5, 5.41) is 0. The Kier molecular flexibility index (Phi) is 6.58. The minimum absolute atomic E-state index is 0.277. The van der Waals surface area contributed by atoms with Gasteiger partial charge in [-0.2, -0.15) is 0 Å². The van der Waals surface area contributed by atoms with Crippen molar-refractivity contribution in [3.63, 3.8) is 0 Å². The van der Waals surface area contributed by atoms with Gasteiger partial charge in [0.05, 0.1) is 24.5 Å². The Balaban J connectivity index is 2.13. The predicted molar refractivity (Wildman–Crippen MR) is 111 cm³/mol. The number of benzene rings is 2. The monoisotopic (exact) mass is 373 g/mol. The van der Waals surface area contributed by atoms with Crippen LogP contribution in [0.2, 0.25) is 0 Å². The minimum Gasteiger partial charge on any atom is -0.469 e. The number of rotatable bonds is 8. The molecule has 3 rings (SSSR count). The molecule has 4 nitrogen and oxygen atoms in total. The van der Waals surface area contributed by atoms with Gasteiger partial charge in [-0.1, -0.05) is 66.7 Å². The van der Waals surface area contributed by atoms with E-state index in [0.717, 1.165) is 16.8 Å². The SMILES string of the molecule is C=C[C@H](c1ccco1)[C@H](N=C(c1ccccc1)c1ccccc1)C(=O)OCC. The zero-order valence-corrected chi connectivity index (χ0v) is 15.8. The van der Waals surface area contributed by atoms with Crippen molar-refractivity contribution in [3.05, 3.63) is 109 Å². The van der Waals surface area contributed by atoms with Crippen LogP contribution in [-0.2, 0) is 9.53 Å². The third-order valence-electron chi connectivity index (χ3n) is 4.36. The maximum absolute atomic E-state index is 12.8. The third-order valence-corrected chi connectivity index (χ3v) is 4.36. The first kappa shape index (κ1) is 19.4. The van der Waals surface area contributed by atoms with Gasteiger partial charge in [-0.25, -0.2) is 4.79 Å². The molecule has 0 saturated carbocycles. The van der Waals surface area contributed by atoms with Crippen molar-refractivity contribution in [2.45, 2.75) is 18.9 Å². The summed E-state index contributed by atoms with van der Waals surface area (Å²) >= 11 is 0. The number of aliphatic imine (C=N–C) groups is 1. The average Bonchev–Trinajstić information content (AvgIpc) is 3.27. The van der Waals surface area contributed by atoms with E-state index in [4.69, 9.17) is 14.1 Å². The summed E-state index contributed by atoms with van der Waals surface area (Å²) in [6.07, 6.45) is 3.25. The van der Waals surface area contributed by atoms with Crippen LogP contribution < -0.4 is 0 Å². The lowest BCUT2D eigenvalue weighted by Crippen LogP contribution is -2.29. The van der Waals surface area contributed by atoms with Gasteiger partial charge in [0.1, 0.15) is 5.76 Å². The van der Waals surface area contributed by atoms with Crippen LogP contribution in [0.1, 0.15) is 29.7 Å². The molecule has 1 aromatic heterocycles. The molecule has 2 aromatic carbocycles. The van der Waals surface area contributed by atoms with Crippen LogP contribution in [0.5, 0.6) is 0 Å². The molecule has 0 amide bonds. The number of hydrogen-bond donors (Lipinski definition) is 0. The molecule has 0 aliphatic heterocycles. The van der Waals surface area contributed by atoms with E-state index in [2.05, 4.69) is 6.58 Å². The highest BCUT2D eigenvalue weighted by atomic mass is 16.5. The lowest BCUT2D eigenvalue weighted by Gasteiger charge is -2.20. The Bertz CT molecular complexity index is 874. The highest BCUT2D eigenvalue weighted by molar-refractivity contribution is 6.13. The van der Waals surface area contributed by atoms with Crippen LogP contribution in [0, 0.1) is 0 Å². The van der Waals surface area contributed by atoms with E-state index in [1.54, 1.807) is 25.3 Å². The number of carbonyl (C=O) groups is 1. The van der Waals surface area contributed by atoms with E-state index in [1.165, 1.54) is 0 Å². The van der Waals surface area contributed by atoms with Gasteiger partial charge in [0, 0.05) is 11.1 Å². The van der Waals surface area contributed by atoms with Crippen molar-refractivity contribution in [2.24, 2.45) is 4.99 Å². The molecule has 1 heterocycles. The first-order valence-corrected chi connectivity index (χ1v) is 9.25. The predicted octanol–water partition coefficient (Wildman–Crippen LogP) is 5.02. The molecule has 3 aromatic rings. The van der Waals surface area contributed by atoms with Gasteiger partial charge in [-0.15, -0.1) is 6.58 Å². The number of carbonyl (C=O) groups excluding carboxylic acids is 1. The van der Waals surface area contributed by atoms with E-state index in [9.17, 15) is 4.79 Å². The summed E-state index contributed by atoms with van der Waals surface area (Å²) in [7, 11) is 0. The first-order valence-electron chi connectivity index (χ1n) is 9.25. The standard InChI is InChI=1S/C24H23NO3/c1-3-20(21-16-11-17-28-21)23(24(26)27-4-2)25-22(18-12-7-5-8-13-18)19-14-9-6-10-15-19/h3,5-17,20,23H,1,4H2,2H3/t20-,23+/m1/s1. The summed E-state index contributed by atoms with van der Waals surface area (Å²) in [4.78, 5) is 17.7. The summed E-state index contributed by atoms with van der Waals surface area (Å²) in [5.74, 6) is -0.220. The number of ether oxygens (including phenoxy) is 1. The number of esters is 1. The second-order valence-electron chi connectivity index (χ2n) is 6.18. The van der Waals surface area contributed by atoms with Crippen LogP contribution in [0.15, 0.2) is 101 Å². The molecule has 0 N–H and O–H groups in total. The second-order valence-corrected chi connectivity index (χ2v) is 6.18. The van der Waals surface area contributed by atoms with Gasteiger partial charge in [0.25, 0.3) is 0 Å². The van der Waals surface area contributed by atoms with Crippen LogP contribution in [0.25, 0.3) is 0 Å². The van der Waals surface area contributed by atoms with Crippen molar-refractivity contribution >= 4 is 11.7 Å². The summed E-state index contributed by atoms with van der Waals surface area (Å²) in [5.41, 5.74) is 2.56. The summed E-state index contributed by atoms with van der Waals surface area (Å²) in [6, 6.07) is 22.4. The Morgan fingerprint density at radius 1 is 1.04 bits per heavy atom. The van der Waals surface area contributed by atoms with Crippen LogP contribution in [0.4, 0.5) is 0 Å². The van der Waals surface area contributed by atoms with Crippen molar-refractivity contribution in [3.8, 4) is 0 Å². The van der Waals surface area contributed by atoms with Gasteiger partial charge < -0.3 is 9.15 Å². The highest BCUT2D eigenvalue weighted by Gasteiger charge is 2.31. The fourth-order valence-corrected chi connectivity index (χ4v) is 3.04. The van der Waals surface area contributed by atoms with Crippen molar-refractivity contribution in [1.29, 1.82) is 0 Å². The fraction of sp³-hybridized carbons (Fsp3) is 0.167. The van der Waals surface area contributed by atoms with Gasteiger partial charge in [0.2, 0.25) is 0 Å². The van der Waals surface area contributed by atoms with E-state index in [0.29, 0.717) is 5.76 Å². The number of furan rings is 1. The third kappa shape index (κ3) is 4.46. The van der Waals surface area contributed by atoms with Gasteiger partial charge in [-0.05, 0) is 19.1 Å². The first-order chi connectivity index (χ1) is 13.7. The number of nitrogens with zero attached hydrogens (tertiary/aromatic N) is 1. The van der Waals surface area contributed by atoms with E-state index in [1.807, 2.05) is 66.7 Å². The summed E-state index contributed by atoms with van der Waals surface area (Å²) in [6.45, 7) is 5.95. The van der Waals surface area contributed by atoms with Gasteiger partial charge >= 0.3 is 5.97 Å². The van der Waals surface area contributed by atoms with Crippen molar-refractivity contribution in [1.82, 2.24) is 0 Å². The summed E-state index contributed by atoms with van der Waals surface area (Å²) < 4.78 is 10.9. The molecule has 0 bridgehead atoms. The molecule has 0 spiro atoms. The van der Waals surface area contributed by atoms with Crippen LogP contribution in [-0.4, -0.2) is 24.3 Å². The normalized spacial score (nSPS) is 12.6. The molecule has 142 valence electrons. The maximum atomic E-state index is 12.8. The molecular weight excluding hydrogens is 350 g/mol.